The molecule has 2 aromatic rings. The monoisotopic (exact) mass is 477 g/mol. The third-order valence-electron chi connectivity index (χ3n) is 5.64. The van der Waals surface area contributed by atoms with Crippen LogP contribution in [0.4, 0.5) is 13.2 Å². The maximum Gasteiger partial charge on any atom is 0.416 e. The fraction of sp³-hybridized carbons (Fsp3) is 0.450. The Kier molecular flexibility index (Phi) is 5.77. The van der Waals surface area contributed by atoms with Crippen LogP contribution in [0.25, 0.3) is 0 Å². The number of nitrogens with zero attached hydrogens (tertiary/aromatic N) is 1. The summed E-state index contributed by atoms with van der Waals surface area (Å²) >= 11 is 0. The molecular formula is C20H22F3NO5S2. The molecule has 0 spiro atoms. The Morgan fingerprint density at radius 1 is 1.03 bits per heavy atom. The number of hydrogen-bond donors (Lipinski definition) is 0. The maximum atomic E-state index is 13.4. The van der Waals surface area contributed by atoms with Gasteiger partial charge in [-0.05, 0) is 44.5 Å². The summed E-state index contributed by atoms with van der Waals surface area (Å²) in [4.78, 5) is 3.49. The van der Waals surface area contributed by atoms with Crippen molar-refractivity contribution in [2.45, 2.75) is 53.0 Å². The van der Waals surface area contributed by atoms with Gasteiger partial charge in [-0.3, -0.25) is 4.98 Å². The van der Waals surface area contributed by atoms with Crippen LogP contribution in [-0.2, 0) is 36.2 Å². The highest BCUT2D eigenvalue weighted by molar-refractivity contribution is 7.92. The van der Waals surface area contributed by atoms with Crippen molar-refractivity contribution < 1.29 is 34.7 Å². The minimum absolute atomic E-state index is 0.0221. The molecule has 1 fully saturated rings. The SMILES string of the molecule is C[C@]1(S(=O)(=O)c2cccc(C(F)(F)F)c2)CCO[C@](C)(c2cncc(S(C)(=O)=O)c2)C1. The summed E-state index contributed by atoms with van der Waals surface area (Å²) < 4.78 is 94.3. The zero-order valence-corrected chi connectivity index (χ0v) is 18.7. The summed E-state index contributed by atoms with van der Waals surface area (Å²) in [6, 6.07) is 5.05. The van der Waals surface area contributed by atoms with E-state index >= 15 is 0 Å². The van der Waals surface area contributed by atoms with E-state index in [9.17, 15) is 30.0 Å². The number of ether oxygens (including phenoxy) is 1. The molecule has 1 aliphatic rings. The lowest BCUT2D eigenvalue weighted by Crippen LogP contribution is -2.48. The molecule has 1 aromatic carbocycles. The van der Waals surface area contributed by atoms with Gasteiger partial charge in [-0.2, -0.15) is 13.2 Å². The highest BCUT2D eigenvalue weighted by atomic mass is 32.2. The molecule has 0 aliphatic carbocycles. The molecule has 1 aliphatic heterocycles. The Morgan fingerprint density at radius 3 is 2.32 bits per heavy atom. The van der Waals surface area contributed by atoms with Crippen molar-refractivity contribution >= 4 is 19.7 Å². The van der Waals surface area contributed by atoms with Gasteiger partial charge >= 0.3 is 6.18 Å². The lowest BCUT2D eigenvalue weighted by Gasteiger charge is -2.44. The summed E-state index contributed by atoms with van der Waals surface area (Å²) in [5.74, 6) is 0. The second-order valence-corrected chi connectivity index (χ2v) is 12.6. The Hall–Kier alpha value is -1.98. The van der Waals surface area contributed by atoms with Crippen molar-refractivity contribution in [2.75, 3.05) is 12.9 Å². The lowest BCUT2D eigenvalue weighted by atomic mass is 9.83. The standard InChI is InChI=1S/C20H22F3NO5S2/c1-18(31(27,28)16-6-4-5-14(9-16)20(21,22)23)7-8-29-19(2,13-18)15-10-17(12-24-11-15)30(3,25)26/h4-6,9-12H,7-8,13H2,1-3H3/t18-,19-/m0/s1. The van der Waals surface area contributed by atoms with Crippen LogP contribution in [-0.4, -0.2) is 39.4 Å². The fourth-order valence-electron chi connectivity index (χ4n) is 3.79. The zero-order chi connectivity index (χ0) is 23.3. The van der Waals surface area contributed by atoms with Gasteiger partial charge in [-0.1, -0.05) is 6.07 Å². The first-order chi connectivity index (χ1) is 14.1. The number of hydrogen-bond acceptors (Lipinski definition) is 6. The molecule has 0 unspecified atom stereocenters. The summed E-state index contributed by atoms with van der Waals surface area (Å²) in [5.41, 5.74) is -1.87. The molecule has 0 radical (unpaired) electrons. The van der Waals surface area contributed by atoms with Crippen LogP contribution in [0.1, 0.15) is 37.8 Å². The molecule has 170 valence electrons. The van der Waals surface area contributed by atoms with E-state index in [1.807, 2.05) is 0 Å². The van der Waals surface area contributed by atoms with Gasteiger partial charge in [-0.15, -0.1) is 0 Å². The van der Waals surface area contributed by atoms with Crippen LogP contribution in [0, 0.1) is 0 Å². The van der Waals surface area contributed by atoms with E-state index in [0.29, 0.717) is 11.6 Å². The second-order valence-electron chi connectivity index (χ2n) is 8.17. The number of aromatic nitrogens is 1. The largest absolute Gasteiger partial charge is 0.416 e. The number of rotatable bonds is 4. The number of sulfone groups is 2. The third-order valence-corrected chi connectivity index (χ3v) is 9.24. The van der Waals surface area contributed by atoms with Crippen LogP contribution >= 0.6 is 0 Å². The zero-order valence-electron chi connectivity index (χ0n) is 17.1. The first-order valence-corrected chi connectivity index (χ1v) is 12.7. The van der Waals surface area contributed by atoms with E-state index in [0.717, 1.165) is 24.5 Å². The summed E-state index contributed by atoms with van der Waals surface area (Å²) in [6.45, 7) is 3.11. The smallest absolute Gasteiger partial charge is 0.370 e. The molecule has 0 N–H and O–H groups in total. The number of halogens is 3. The minimum Gasteiger partial charge on any atom is -0.370 e. The second kappa shape index (κ2) is 7.56. The van der Waals surface area contributed by atoms with Crippen molar-refractivity contribution in [2.24, 2.45) is 0 Å². The van der Waals surface area contributed by atoms with Gasteiger partial charge in [0.2, 0.25) is 0 Å². The minimum atomic E-state index is -4.67. The first kappa shape index (κ1) is 23.7. The molecule has 0 bridgehead atoms. The molecule has 0 saturated carbocycles. The number of benzene rings is 1. The normalized spacial score (nSPS) is 25.4. The van der Waals surface area contributed by atoms with Crippen LogP contribution in [0.5, 0.6) is 0 Å². The summed E-state index contributed by atoms with van der Waals surface area (Å²) in [5, 5.41) is 0. The Labute approximate surface area is 179 Å². The van der Waals surface area contributed by atoms with Crippen molar-refractivity contribution in [3.8, 4) is 0 Å². The van der Waals surface area contributed by atoms with E-state index in [-0.39, 0.29) is 24.3 Å². The maximum absolute atomic E-state index is 13.4. The fourth-order valence-corrected chi connectivity index (χ4v) is 6.31. The van der Waals surface area contributed by atoms with E-state index in [2.05, 4.69) is 4.98 Å². The van der Waals surface area contributed by atoms with E-state index in [1.165, 1.54) is 25.4 Å². The summed E-state index contributed by atoms with van der Waals surface area (Å²) in [7, 11) is -7.73. The molecule has 31 heavy (non-hydrogen) atoms. The van der Waals surface area contributed by atoms with Crippen LogP contribution < -0.4 is 0 Å². The predicted octanol–water partition coefficient (Wildman–Crippen LogP) is 3.76. The topological polar surface area (TPSA) is 90.4 Å². The van der Waals surface area contributed by atoms with Gasteiger partial charge < -0.3 is 4.74 Å². The molecule has 1 aromatic heterocycles. The molecule has 2 heterocycles. The van der Waals surface area contributed by atoms with Crippen LogP contribution in [0.3, 0.4) is 0 Å². The van der Waals surface area contributed by atoms with Gasteiger partial charge in [-0.25, -0.2) is 16.8 Å². The Morgan fingerprint density at radius 2 is 1.71 bits per heavy atom. The highest BCUT2D eigenvalue weighted by Gasteiger charge is 2.50. The molecule has 1 saturated heterocycles. The van der Waals surface area contributed by atoms with Crippen LogP contribution in [0.15, 0.2) is 52.5 Å². The molecule has 11 heteroatoms. The van der Waals surface area contributed by atoms with Crippen molar-refractivity contribution in [1.29, 1.82) is 0 Å². The molecule has 0 amide bonds. The van der Waals surface area contributed by atoms with Crippen molar-refractivity contribution in [1.82, 2.24) is 4.98 Å². The third kappa shape index (κ3) is 4.49. The van der Waals surface area contributed by atoms with E-state index in [1.54, 1.807) is 6.92 Å². The molecule has 2 atom stereocenters. The molecule has 3 rings (SSSR count). The van der Waals surface area contributed by atoms with Gasteiger partial charge in [0.25, 0.3) is 0 Å². The van der Waals surface area contributed by atoms with Gasteiger partial charge in [0.1, 0.15) is 0 Å². The van der Waals surface area contributed by atoms with Crippen LogP contribution in [0.2, 0.25) is 0 Å². The van der Waals surface area contributed by atoms with E-state index in [4.69, 9.17) is 4.74 Å². The highest BCUT2D eigenvalue weighted by Crippen LogP contribution is 2.46. The van der Waals surface area contributed by atoms with E-state index < -0.39 is 46.7 Å². The summed E-state index contributed by atoms with van der Waals surface area (Å²) in [6.07, 6.45) is -1.08. The predicted molar refractivity (Wildman–Crippen MR) is 107 cm³/mol. The molecule has 6 nitrogen and oxygen atoms in total. The van der Waals surface area contributed by atoms with Crippen molar-refractivity contribution in [3.05, 3.63) is 53.9 Å². The quantitative estimate of drug-likeness (QED) is 0.666. The lowest BCUT2D eigenvalue weighted by molar-refractivity contribution is -0.137. The van der Waals surface area contributed by atoms with Gasteiger partial charge in [0, 0.05) is 37.2 Å². The van der Waals surface area contributed by atoms with Crippen molar-refractivity contribution in [3.63, 3.8) is 0 Å². The Balaban J connectivity index is 2.04. The van der Waals surface area contributed by atoms with Gasteiger partial charge in [0.05, 0.1) is 25.7 Å². The number of pyridine rings is 1. The first-order valence-electron chi connectivity index (χ1n) is 9.30. The molecular weight excluding hydrogens is 455 g/mol. The Bertz CT molecular complexity index is 1210. The number of alkyl halides is 3. The van der Waals surface area contributed by atoms with Gasteiger partial charge in [0.15, 0.2) is 19.7 Å². The average Bonchev–Trinajstić information content (AvgIpc) is 2.67. The average molecular weight is 478 g/mol.